The van der Waals surface area contributed by atoms with Crippen molar-refractivity contribution in [3.63, 3.8) is 0 Å². The number of ether oxygens (including phenoxy) is 1. The van der Waals surface area contributed by atoms with Crippen LogP contribution in [0.1, 0.15) is 18.9 Å². The Bertz CT molecular complexity index is 347. The SMILES string of the molecule is C=C(Cl)CCc1ccc(OCC)c(Cl)c1. The van der Waals surface area contributed by atoms with Crippen molar-refractivity contribution in [1.82, 2.24) is 0 Å². The number of aryl methyl sites for hydroxylation is 1. The van der Waals surface area contributed by atoms with E-state index in [1.54, 1.807) is 0 Å². The molecule has 0 radical (unpaired) electrons. The van der Waals surface area contributed by atoms with Crippen LogP contribution in [0.4, 0.5) is 0 Å². The van der Waals surface area contributed by atoms with Crippen molar-refractivity contribution >= 4 is 23.2 Å². The summed E-state index contributed by atoms with van der Waals surface area (Å²) in [5.74, 6) is 0.729. The summed E-state index contributed by atoms with van der Waals surface area (Å²) in [5.41, 5.74) is 1.14. The molecule has 1 aromatic carbocycles. The van der Waals surface area contributed by atoms with Gasteiger partial charge in [-0.2, -0.15) is 0 Å². The van der Waals surface area contributed by atoms with E-state index in [1.165, 1.54) is 0 Å². The average Bonchev–Trinajstić information content (AvgIpc) is 2.19. The van der Waals surface area contributed by atoms with Crippen molar-refractivity contribution < 1.29 is 4.74 Å². The van der Waals surface area contributed by atoms with E-state index in [0.717, 1.165) is 24.2 Å². The number of rotatable bonds is 5. The van der Waals surface area contributed by atoms with Crippen molar-refractivity contribution in [3.8, 4) is 5.75 Å². The van der Waals surface area contributed by atoms with Crippen LogP contribution in [0, 0.1) is 0 Å². The number of halogens is 2. The van der Waals surface area contributed by atoms with E-state index in [9.17, 15) is 0 Å². The zero-order chi connectivity index (χ0) is 11.3. The lowest BCUT2D eigenvalue weighted by Gasteiger charge is -2.07. The van der Waals surface area contributed by atoms with Crippen LogP contribution >= 0.6 is 23.2 Å². The molecule has 0 aromatic heterocycles. The van der Waals surface area contributed by atoms with Gasteiger partial charge in [-0.15, -0.1) is 0 Å². The van der Waals surface area contributed by atoms with Gasteiger partial charge in [-0.1, -0.05) is 35.8 Å². The Balaban J connectivity index is 2.68. The van der Waals surface area contributed by atoms with Gasteiger partial charge in [0.05, 0.1) is 11.6 Å². The zero-order valence-electron chi connectivity index (χ0n) is 8.72. The van der Waals surface area contributed by atoms with Gasteiger partial charge in [0.25, 0.3) is 0 Å². The monoisotopic (exact) mass is 244 g/mol. The first-order valence-electron chi connectivity index (χ1n) is 4.88. The Kier molecular flexibility index (Phi) is 5.00. The smallest absolute Gasteiger partial charge is 0.137 e. The van der Waals surface area contributed by atoms with Gasteiger partial charge in [0, 0.05) is 5.03 Å². The van der Waals surface area contributed by atoms with E-state index in [-0.39, 0.29) is 0 Å². The van der Waals surface area contributed by atoms with Gasteiger partial charge in [0.2, 0.25) is 0 Å². The molecule has 0 fully saturated rings. The molecule has 1 aromatic rings. The summed E-state index contributed by atoms with van der Waals surface area (Å²) < 4.78 is 5.34. The van der Waals surface area contributed by atoms with Crippen LogP contribution in [0.3, 0.4) is 0 Å². The third-order valence-electron chi connectivity index (χ3n) is 1.98. The van der Waals surface area contributed by atoms with Crippen LogP contribution in [-0.4, -0.2) is 6.61 Å². The van der Waals surface area contributed by atoms with E-state index < -0.39 is 0 Å². The van der Waals surface area contributed by atoms with Gasteiger partial charge in [-0.05, 0) is 37.5 Å². The maximum atomic E-state index is 6.04. The predicted molar refractivity (Wildman–Crippen MR) is 65.9 cm³/mol. The highest BCUT2D eigenvalue weighted by molar-refractivity contribution is 6.32. The van der Waals surface area contributed by atoms with Crippen molar-refractivity contribution in [2.45, 2.75) is 19.8 Å². The van der Waals surface area contributed by atoms with Crippen LogP contribution in [0.5, 0.6) is 5.75 Å². The summed E-state index contributed by atoms with van der Waals surface area (Å²) in [6.45, 7) is 6.20. The van der Waals surface area contributed by atoms with Crippen molar-refractivity contribution in [2.75, 3.05) is 6.61 Å². The van der Waals surface area contributed by atoms with Gasteiger partial charge in [0.15, 0.2) is 0 Å². The number of hydrogen-bond acceptors (Lipinski definition) is 1. The van der Waals surface area contributed by atoms with Gasteiger partial charge < -0.3 is 4.74 Å². The molecule has 82 valence electrons. The molecule has 0 amide bonds. The minimum absolute atomic E-state index is 0.623. The Labute approximate surface area is 101 Å². The molecule has 1 rings (SSSR count). The van der Waals surface area contributed by atoms with E-state index in [0.29, 0.717) is 16.7 Å². The molecule has 3 heteroatoms. The van der Waals surface area contributed by atoms with Crippen LogP contribution in [0.2, 0.25) is 5.02 Å². The molecule has 1 nitrogen and oxygen atoms in total. The Morgan fingerprint density at radius 3 is 2.73 bits per heavy atom. The van der Waals surface area contributed by atoms with Crippen LogP contribution < -0.4 is 4.74 Å². The standard InChI is InChI=1S/C12H14Cl2O/c1-3-15-12-7-6-10(8-11(12)14)5-4-9(2)13/h6-8H,2-5H2,1H3. The summed E-state index contributed by atoms with van der Waals surface area (Å²) in [5, 5.41) is 1.31. The summed E-state index contributed by atoms with van der Waals surface area (Å²) in [6, 6.07) is 5.79. The highest BCUT2D eigenvalue weighted by atomic mass is 35.5. The molecule has 0 bridgehead atoms. The van der Waals surface area contributed by atoms with Gasteiger partial charge in [0.1, 0.15) is 5.75 Å². The third-order valence-corrected chi connectivity index (χ3v) is 2.47. The van der Waals surface area contributed by atoms with Crippen LogP contribution in [0.15, 0.2) is 29.8 Å². The van der Waals surface area contributed by atoms with Crippen molar-refractivity contribution in [3.05, 3.63) is 40.4 Å². The Hall–Kier alpha value is -0.660. The fourth-order valence-corrected chi connectivity index (χ4v) is 1.60. The second kappa shape index (κ2) is 6.04. The maximum Gasteiger partial charge on any atom is 0.137 e. The third kappa shape index (κ3) is 4.15. The fraction of sp³-hybridized carbons (Fsp3) is 0.333. The first-order valence-corrected chi connectivity index (χ1v) is 5.63. The maximum absolute atomic E-state index is 6.04. The van der Waals surface area contributed by atoms with Gasteiger partial charge >= 0.3 is 0 Å². The molecule has 15 heavy (non-hydrogen) atoms. The molecule has 0 aliphatic heterocycles. The molecule has 0 saturated carbocycles. The number of benzene rings is 1. The minimum Gasteiger partial charge on any atom is -0.492 e. The van der Waals surface area contributed by atoms with Crippen molar-refractivity contribution in [2.24, 2.45) is 0 Å². The van der Waals surface area contributed by atoms with Gasteiger partial charge in [-0.25, -0.2) is 0 Å². The highest BCUT2D eigenvalue weighted by Crippen LogP contribution is 2.26. The summed E-state index contributed by atoms with van der Waals surface area (Å²) in [7, 11) is 0. The second-order valence-corrected chi connectivity index (χ2v) is 4.16. The van der Waals surface area contributed by atoms with Crippen molar-refractivity contribution in [1.29, 1.82) is 0 Å². The quantitative estimate of drug-likeness (QED) is 0.745. The first kappa shape index (κ1) is 12.4. The predicted octanol–water partition coefficient (Wildman–Crippen LogP) is 4.42. The van der Waals surface area contributed by atoms with E-state index in [2.05, 4.69) is 6.58 Å². The minimum atomic E-state index is 0.623. The molecule has 0 unspecified atom stereocenters. The van der Waals surface area contributed by atoms with Crippen LogP contribution in [-0.2, 0) is 6.42 Å². The Morgan fingerprint density at radius 1 is 1.47 bits per heavy atom. The fourth-order valence-electron chi connectivity index (χ4n) is 1.25. The Morgan fingerprint density at radius 2 is 2.20 bits per heavy atom. The molecule has 0 saturated heterocycles. The summed E-state index contributed by atoms with van der Waals surface area (Å²) in [4.78, 5) is 0. The number of allylic oxidation sites excluding steroid dienone is 1. The lowest BCUT2D eigenvalue weighted by Crippen LogP contribution is -1.93. The average molecular weight is 245 g/mol. The normalized spacial score (nSPS) is 10.1. The molecule has 0 aliphatic carbocycles. The van der Waals surface area contributed by atoms with Crippen LogP contribution in [0.25, 0.3) is 0 Å². The zero-order valence-corrected chi connectivity index (χ0v) is 10.2. The van der Waals surface area contributed by atoms with E-state index >= 15 is 0 Å². The number of hydrogen-bond donors (Lipinski definition) is 0. The molecular weight excluding hydrogens is 231 g/mol. The van der Waals surface area contributed by atoms with E-state index in [1.807, 2.05) is 25.1 Å². The highest BCUT2D eigenvalue weighted by Gasteiger charge is 2.02. The lowest BCUT2D eigenvalue weighted by atomic mass is 10.1. The summed E-state index contributed by atoms with van der Waals surface area (Å²) >= 11 is 11.7. The second-order valence-electron chi connectivity index (χ2n) is 3.22. The van der Waals surface area contributed by atoms with E-state index in [4.69, 9.17) is 27.9 Å². The summed E-state index contributed by atoms with van der Waals surface area (Å²) in [6.07, 6.45) is 1.63. The molecular formula is C12H14Cl2O. The molecule has 0 heterocycles. The molecule has 0 spiro atoms. The van der Waals surface area contributed by atoms with Gasteiger partial charge in [-0.3, -0.25) is 0 Å². The largest absolute Gasteiger partial charge is 0.492 e. The first-order chi connectivity index (χ1) is 7.13. The molecule has 0 atom stereocenters. The molecule has 0 aliphatic rings. The molecule has 0 N–H and O–H groups in total. The topological polar surface area (TPSA) is 9.23 Å². The lowest BCUT2D eigenvalue weighted by molar-refractivity contribution is 0.340.